The Morgan fingerprint density at radius 1 is 1.15 bits per heavy atom. The van der Waals surface area contributed by atoms with Gasteiger partial charge in [-0.2, -0.15) is 18.3 Å². The van der Waals surface area contributed by atoms with Crippen molar-refractivity contribution in [3.8, 4) is 11.5 Å². The van der Waals surface area contributed by atoms with Crippen LogP contribution in [0.25, 0.3) is 0 Å². The minimum Gasteiger partial charge on any atom is -0.493 e. The van der Waals surface area contributed by atoms with Crippen LogP contribution in [0.3, 0.4) is 0 Å². The average Bonchev–Trinajstić information content (AvgIpc) is 3.23. The zero-order valence-electron chi connectivity index (χ0n) is 17.9. The van der Waals surface area contributed by atoms with Crippen molar-refractivity contribution in [3.05, 3.63) is 63.8 Å². The van der Waals surface area contributed by atoms with Crippen molar-refractivity contribution in [2.75, 3.05) is 24.9 Å². The molecule has 1 amide bonds. The van der Waals surface area contributed by atoms with Crippen LogP contribution in [0.4, 0.5) is 24.7 Å². The Hall–Kier alpha value is -3.11. The lowest BCUT2D eigenvalue weighted by atomic mass is 9.96. The van der Waals surface area contributed by atoms with Crippen molar-refractivity contribution in [2.24, 2.45) is 0 Å². The second kappa shape index (κ2) is 9.27. The van der Waals surface area contributed by atoms with Crippen LogP contribution in [-0.4, -0.2) is 36.1 Å². The molecule has 1 aliphatic rings. The predicted molar refractivity (Wildman–Crippen MR) is 122 cm³/mol. The van der Waals surface area contributed by atoms with E-state index in [9.17, 15) is 18.0 Å². The molecule has 0 bridgehead atoms. The van der Waals surface area contributed by atoms with E-state index >= 15 is 0 Å². The second-order valence-electron chi connectivity index (χ2n) is 7.53. The molecule has 180 valence electrons. The summed E-state index contributed by atoms with van der Waals surface area (Å²) in [5.74, 6) is 0.0852. The number of nitrogens with one attached hydrogen (secondary N) is 2. The summed E-state index contributed by atoms with van der Waals surface area (Å²) >= 11 is 12.0. The maximum absolute atomic E-state index is 14.0. The molecule has 0 saturated heterocycles. The maximum Gasteiger partial charge on any atom is 0.410 e. The molecule has 2 aromatic carbocycles. The highest BCUT2D eigenvalue weighted by molar-refractivity contribution is 6.36. The van der Waals surface area contributed by atoms with E-state index in [-0.39, 0.29) is 28.5 Å². The van der Waals surface area contributed by atoms with Crippen LogP contribution >= 0.6 is 23.2 Å². The number of fused-ring (bicyclic) bond motifs is 1. The highest BCUT2D eigenvalue weighted by Crippen LogP contribution is 2.45. The second-order valence-corrected chi connectivity index (χ2v) is 8.38. The van der Waals surface area contributed by atoms with E-state index in [4.69, 9.17) is 32.7 Å². The van der Waals surface area contributed by atoms with Gasteiger partial charge in [0.1, 0.15) is 11.4 Å². The van der Waals surface area contributed by atoms with Crippen molar-refractivity contribution < 1.29 is 27.4 Å². The van der Waals surface area contributed by atoms with E-state index in [0.29, 0.717) is 22.1 Å². The molecule has 7 nitrogen and oxygen atoms in total. The smallest absolute Gasteiger partial charge is 0.410 e. The number of alkyl halides is 3. The van der Waals surface area contributed by atoms with E-state index in [0.717, 1.165) is 10.9 Å². The number of aromatic nitrogens is 2. The largest absolute Gasteiger partial charge is 0.493 e. The number of anilines is 2. The van der Waals surface area contributed by atoms with E-state index in [2.05, 4.69) is 15.7 Å². The third kappa shape index (κ3) is 4.60. The van der Waals surface area contributed by atoms with Gasteiger partial charge in [-0.05, 0) is 35.9 Å². The Labute approximate surface area is 202 Å². The monoisotopic (exact) mass is 514 g/mol. The van der Waals surface area contributed by atoms with Gasteiger partial charge < -0.3 is 20.1 Å². The Bertz CT molecular complexity index is 1230. The highest BCUT2D eigenvalue weighted by atomic mass is 35.5. The summed E-state index contributed by atoms with van der Waals surface area (Å²) < 4.78 is 53.2. The van der Waals surface area contributed by atoms with Gasteiger partial charge in [-0.3, -0.25) is 4.79 Å². The molecule has 2 heterocycles. The molecule has 0 unspecified atom stereocenters. The molecule has 0 spiro atoms. The molecular weight excluding hydrogens is 496 g/mol. The molecule has 0 saturated carbocycles. The van der Waals surface area contributed by atoms with Crippen molar-refractivity contribution in [3.63, 3.8) is 0 Å². The SMILES string of the molecule is COc1ccc([C@H]2C[C@H](C(F)(F)F)n3ncc(C(=O)Nc4ccc(Cl)cc4Cl)c3N2)cc1OC. The number of rotatable bonds is 5. The normalized spacial score (nSPS) is 17.5. The third-order valence-electron chi connectivity index (χ3n) is 5.47. The fourth-order valence-corrected chi connectivity index (χ4v) is 4.25. The van der Waals surface area contributed by atoms with Gasteiger partial charge in [0, 0.05) is 11.4 Å². The van der Waals surface area contributed by atoms with Gasteiger partial charge in [0.25, 0.3) is 5.91 Å². The lowest BCUT2D eigenvalue weighted by molar-refractivity contribution is -0.173. The lowest BCUT2D eigenvalue weighted by Crippen LogP contribution is -2.36. The maximum atomic E-state index is 14.0. The van der Waals surface area contributed by atoms with Crippen LogP contribution in [0.15, 0.2) is 42.6 Å². The fraction of sp³-hybridized carbons (Fsp3) is 0.273. The number of hydrogen-bond donors (Lipinski definition) is 2. The van der Waals surface area contributed by atoms with Crippen LogP contribution < -0.4 is 20.1 Å². The first-order valence-electron chi connectivity index (χ1n) is 10.0. The van der Waals surface area contributed by atoms with Crippen molar-refractivity contribution in [1.29, 1.82) is 0 Å². The number of carbonyl (C=O) groups excluding carboxylic acids is 1. The number of benzene rings is 2. The van der Waals surface area contributed by atoms with Crippen molar-refractivity contribution >= 4 is 40.6 Å². The average molecular weight is 515 g/mol. The van der Waals surface area contributed by atoms with E-state index in [1.807, 2.05) is 0 Å². The lowest BCUT2D eigenvalue weighted by Gasteiger charge is -2.34. The molecule has 1 aliphatic heterocycles. The van der Waals surface area contributed by atoms with Gasteiger partial charge in [0.15, 0.2) is 17.5 Å². The number of halogens is 5. The number of nitrogens with zero attached hydrogens (tertiary/aromatic N) is 2. The van der Waals surface area contributed by atoms with Gasteiger partial charge in [-0.15, -0.1) is 0 Å². The zero-order chi connectivity index (χ0) is 24.6. The first-order chi connectivity index (χ1) is 16.1. The van der Waals surface area contributed by atoms with E-state index in [1.54, 1.807) is 18.2 Å². The fourth-order valence-electron chi connectivity index (χ4n) is 3.80. The topological polar surface area (TPSA) is 77.4 Å². The molecule has 1 aromatic heterocycles. The molecule has 0 radical (unpaired) electrons. The number of ether oxygens (including phenoxy) is 2. The molecule has 4 rings (SSSR count). The van der Waals surface area contributed by atoms with Gasteiger partial charge in [-0.25, -0.2) is 4.68 Å². The summed E-state index contributed by atoms with van der Waals surface area (Å²) in [7, 11) is 2.90. The first kappa shape index (κ1) is 24.0. The van der Waals surface area contributed by atoms with Crippen LogP contribution in [0.2, 0.25) is 10.0 Å². The van der Waals surface area contributed by atoms with E-state index < -0.39 is 24.2 Å². The van der Waals surface area contributed by atoms with Gasteiger partial charge in [-0.1, -0.05) is 29.3 Å². The summed E-state index contributed by atoms with van der Waals surface area (Å²) in [6.45, 7) is 0. The number of carbonyl (C=O) groups is 1. The van der Waals surface area contributed by atoms with Crippen molar-refractivity contribution in [1.82, 2.24) is 9.78 Å². The molecule has 34 heavy (non-hydrogen) atoms. The van der Waals surface area contributed by atoms with Crippen LogP contribution in [0.5, 0.6) is 11.5 Å². The van der Waals surface area contributed by atoms with Crippen LogP contribution in [-0.2, 0) is 0 Å². The zero-order valence-corrected chi connectivity index (χ0v) is 19.4. The highest BCUT2D eigenvalue weighted by Gasteiger charge is 2.47. The quantitative estimate of drug-likeness (QED) is 0.428. The van der Waals surface area contributed by atoms with Gasteiger partial charge >= 0.3 is 6.18 Å². The number of amides is 1. The minimum absolute atomic E-state index is 0.0593. The summed E-state index contributed by atoms with van der Waals surface area (Å²) in [6.07, 6.45) is -3.83. The Morgan fingerprint density at radius 3 is 2.53 bits per heavy atom. The van der Waals surface area contributed by atoms with Crippen LogP contribution in [0.1, 0.15) is 34.4 Å². The summed E-state index contributed by atoms with van der Waals surface area (Å²) in [5.41, 5.74) is 0.729. The molecule has 2 N–H and O–H groups in total. The minimum atomic E-state index is -4.59. The number of methoxy groups -OCH3 is 2. The predicted octanol–water partition coefficient (Wildman–Crippen LogP) is 6.12. The van der Waals surface area contributed by atoms with Gasteiger partial charge in [0.2, 0.25) is 0 Å². The Kier molecular flexibility index (Phi) is 6.55. The summed E-state index contributed by atoms with van der Waals surface area (Å²) in [5, 5.41) is 10.1. The Morgan fingerprint density at radius 2 is 1.88 bits per heavy atom. The third-order valence-corrected chi connectivity index (χ3v) is 6.02. The van der Waals surface area contributed by atoms with Gasteiger partial charge in [0.05, 0.1) is 37.2 Å². The Balaban J connectivity index is 1.70. The van der Waals surface area contributed by atoms with Crippen molar-refractivity contribution in [2.45, 2.75) is 24.7 Å². The summed E-state index contributed by atoms with van der Waals surface area (Å²) in [6, 6.07) is 6.61. The number of hydrogen-bond acceptors (Lipinski definition) is 5. The first-order valence-corrected chi connectivity index (χ1v) is 10.8. The molecule has 2 atom stereocenters. The molecule has 12 heteroatoms. The molecule has 3 aromatic rings. The molecule has 0 aliphatic carbocycles. The standard InChI is InChI=1S/C22H19Cl2F3N4O3/c1-33-17-6-3-11(7-18(17)34-2)16-9-19(22(25,26)27)31-20(29-16)13(10-28-31)21(32)30-15-5-4-12(23)8-14(15)24/h3-8,10,16,19,29H,9H2,1-2H3,(H,30,32)/t16-,19-/m1/s1. The van der Waals surface area contributed by atoms with Crippen LogP contribution in [0, 0.1) is 0 Å². The molecular formula is C22H19Cl2F3N4O3. The summed E-state index contributed by atoms with van der Waals surface area (Å²) in [4.78, 5) is 13.0. The van der Waals surface area contributed by atoms with E-state index in [1.165, 1.54) is 32.4 Å². The molecule has 0 fully saturated rings.